The zero-order valence-electron chi connectivity index (χ0n) is 9.71. The molecule has 0 aliphatic carbocycles. The van der Waals surface area contributed by atoms with Crippen LogP contribution in [0, 0.1) is 0 Å². The minimum atomic E-state index is 0.191. The van der Waals surface area contributed by atoms with Gasteiger partial charge in [-0.25, -0.2) is 0 Å². The van der Waals surface area contributed by atoms with E-state index in [1.807, 2.05) is 11.8 Å². The normalized spacial score (nSPS) is 23.5. The summed E-state index contributed by atoms with van der Waals surface area (Å²) >= 11 is 1.94. The molecule has 2 atom stereocenters. The molecule has 2 N–H and O–H groups in total. The first-order chi connectivity index (χ1) is 7.22. The molecule has 0 bridgehead atoms. The fraction of sp³-hybridized carbons (Fsp3) is 0.909. The Morgan fingerprint density at radius 1 is 1.60 bits per heavy atom. The summed E-state index contributed by atoms with van der Waals surface area (Å²) < 4.78 is 0. The maximum atomic E-state index is 11.6. The number of thioether (sulfide) groups is 1. The molecule has 88 valence electrons. The second-order valence-corrected chi connectivity index (χ2v) is 5.29. The second-order valence-electron chi connectivity index (χ2n) is 4.14. The Kier molecular flexibility index (Phi) is 6.10. The predicted octanol–water partition coefficient (Wildman–Crippen LogP) is 1.39. The van der Waals surface area contributed by atoms with Crippen molar-refractivity contribution in [2.24, 2.45) is 0 Å². The zero-order chi connectivity index (χ0) is 11.1. The summed E-state index contributed by atoms with van der Waals surface area (Å²) in [6.07, 6.45) is 2.97. The molecule has 0 spiro atoms. The highest BCUT2D eigenvalue weighted by atomic mass is 32.2. The lowest BCUT2D eigenvalue weighted by molar-refractivity contribution is -0.122. The number of carbonyl (C=O) groups excluding carboxylic acids is 1. The summed E-state index contributed by atoms with van der Waals surface area (Å²) in [4.78, 5) is 11.6. The van der Waals surface area contributed by atoms with Crippen LogP contribution in [0.5, 0.6) is 0 Å². The molecule has 1 aliphatic rings. The van der Waals surface area contributed by atoms with Crippen LogP contribution in [-0.4, -0.2) is 36.0 Å². The van der Waals surface area contributed by atoms with Gasteiger partial charge < -0.3 is 10.6 Å². The largest absolute Gasteiger partial charge is 0.352 e. The molecule has 0 aromatic heterocycles. The highest BCUT2D eigenvalue weighted by Gasteiger charge is 2.16. The van der Waals surface area contributed by atoms with Crippen LogP contribution in [0.4, 0.5) is 0 Å². The van der Waals surface area contributed by atoms with Crippen LogP contribution in [0.15, 0.2) is 0 Å². The van der Waals surface area contributed by atoms with Crippen molar-refractivity contribution in [1.29, 1.82) is 0 Å². The molecule has 0 aromatic rings. The number of amides is 1. The van der Waals surface area contributed by atoms with Crippen LogP contribution in [0.25, 0.3) is 0 Å². The van der Waals surface area contributed by atoms with Crippen molar-refractivity contribution in [3.05, 3.63) is 0 Å². The lowest BCUT2D eigenvalue weighted by Gasteiger charge is -2.23. The van der Waals surface area contributed by atoms with Crippen LogP contribution in [0.3, 0.4) is 0 Å². The Hall–Kier alpha value is -0.220. The van der Waals surface area contributed by atoms with Crippen molar-refractivity contribution >= 4 is 17.7 Å². The Labute approximate surface area is 96.8 Å². The summed E-state index contributed by atoms with van der Waals surface area (Å²) in [5.74, 6) is 2.53. The molecule has 0 radical (unpaired) electrons. The fourth-order valence-electron chi connectivity index (χ4n) is 1.84. The van der Waals surface area contributed by atoms with Gasteiger partial charge in [0.05, 0.1) is 0 Å². The van der Waals surface area contributed by atoms with Crippen molar-refractivity contribution < 1.29 is 4.79 Å². The third-order valence-corrected chi connectivity index (χ3v) is 3.78. The minimum Gasteiger partial charge on any atom is -0.352 e. The van der Waals surface area contributed by atoms with Gasteiger partial charge in [0.15, 0.2) is 0 Å². The van der Waals surface area contributed by atoms with Gasteiger partial charge in [0.1, 0.15) is 0 Å². The number of hydrogen-bond donors (Lipinski definition) is 2. The van der Waals surface area contributed by atoms with E-state index in [0.717, 1.165) is 18.7 Å². The van der Waals surface area contributed by atoms with Gasteiger partial charge >= 0.3 is 0 Å². The summed E-state index contributed by atoms with van der Waals surface area (Å²) in [7, 11) is 0. The Balaban J connectivity index is 2.16. The molecule has 1 amide bonds. The van der Waals surface area contributed by atoms with Crippen LogP contribution in [-0.2, 0) is 4.79 Å². The van der Waals surface area contributed by atoms with Crippen LogP contribution >= 0.6 is 11.8 Å². The average Bonchev–Trinajstić information content (AvgIpc) is 2.19. The Morgan fingerprint density at radius 2 is 2.40 bits per heavy atom. The van der Waals surface area contributed by atoms with Gasteiger partial charge in [-0.3, -0.25) is 4.79 Å². The molecule has 1 saturated heterocycles. The molecule has 1 rings (SSSR count). The first-order valence-electron chi connectivity index (χ1n) is 5.83. The molecule has 0 aromatic carbocycles. The van der Waals surface area contributed by atoms with E-state index in [-0.39, 0.29) is 11.9 Å². The van der Waals surface area contributed by atoms with Gasteiger partial charge in [0.2, 0.25) is 5.91 Å². The molecular weight excluding hydrogens is 208 g/mol. The number of rotatable bonds is 5. The highest BCUT2D eigenvalue weighted by Crippen LogP contribution is 2.16. The highest BCUT2D eigenvalue weighted by molar-refractivity contribution is 7.99. The molecule has 1 heterocycles. The third-order valence-electron chi connectivity index (χ3n) is 2.57. The quantitative estimate of drug-likeness (QED) is 0.750. The molecule has 3 nitrogen and oxygen atoms in total. The van der Waals surface area contributed by atoms with Gasteiger partial charge in [-0.05, 0) is 32.1 Å². The average molecular weight is 230 g/mol. The first kappa shape index (κ1) is 12.8. The molecule has 0 saturated carbocycles. The summed E-state index contributed by atoms with van der Waals surface area (Å²) in [5.41, 5.74) is 0. The van der Waals surface area contributed by atoms with E-state index >= 15 is 0 Å². The zero-order valence-corrected chi connectivity index (χ0v) is 10.5. The minimum absolute atomic E-state index is 0.191. The summed E-state index contributed by atoms with van der Waals surface area (Å²) in [5, 5.41) is 6.36. The van der Waals surface area contributed by atoms with E-state index in [4.69, 9.17) is 0 Å². The monoisotopic (exact) mass is 230 g/mol. The fourth-order valence-corrected chi connectivity index (χ4v) is 2.91. The maximum absolute atomic E-state index is 11.6. The topological polar surface area (TPSA) is 41.1 Å². The van der Waals surface area contributed by atoms with Crippen molar-refractivity contribution in [3.8, 4) is 0 Å². The maximum Gasteiger partial charge on any atom is 0.221 e. The van der Waals surface area contributed by atoms with Crippen LogP contribution in [0.2, 0.25) is 0 Å². The van der Waals surface area contributed by atoms with E-state index in [2.05, 4.69) is 24.5 Å². The van der Waals surface area contributed by atoms with E-state index in [1.54, 1.807) is 0 Å². The SMILES string of the molecule is CCNC(C)CC(=O)NC1CCCSC1. The predicted molar refractivity (Wildman–Crippen MR) is 66.2 cm³/mol. The van der Waals surface area contributed by atoms with E-state index in [0.29, 0.717) is 12.5 Å². The van der Waals surface area contributed by atoms with Crippen molar-refractivity contribution in [3.63, 3.8) is 0 Å². The lowest BCUT2D eigenvalue weighted by Crippen LogP contribution is -2.41. The van der Waals surface area contributed by atoms with Crippen molar-refractivity contribution in [2.45, 2.75) is 45.2 Å². The first-order valence-corrected chi connectivity index (χ1v) is 6.98. The number of hydrogen-bond acceptors (Lipinski definition) is 3. The Morgan fingerprint density at radius 3 is 3.00 bits per heavy atom. The molecule has 1 aliphatic heterocycles. The Bertz CT molecular complexity index is 193. The molecular formula is C11H22N2OS. The van der Waals surface area contributed by atoms with Gasteiger partial charge in [-0.15, -0.1) is 0 Å². The smallest absolute Gasteiger partial charge is 0.221 e. The van der Waals surface area contributed by atoms with Crippen LogP contribution < -0.4 is 10.6 Å². The molecule has 15 heavy (non-hydrogen) atoms. The number of carbonyl (C=O) groups is 1. The van der Waals surface area contributed by atoms with Gasteiger partial charge in [0, 0.05) is 24.3 Å². The van der Waals surface area contributed by atoms with Gasteiger partial charge in [-0.2, -0.15) is 11.8 Å². The molecule has 4 heteroatoms. The summed E-state index contributed by atoms with van der Waals surface area (Å²) in [6, 6.07) is 0.691. The van der Waals surface area contributed by atoms with E-state index in [1.165, 1.54) is 12.2 Å². The van der Waals surface area contributed by atoms with E-state index < -0.39 is 0 Å². The molecule has 2 unspecified atom stereocenters. The van der Waals surface area contributed by atoms with Crippen LogP contribution in [0.1, 0.15) is 33.1 Å². The van der Waals surface area contributed by atoms with Gasteiger partial charge in [-0.1, -0.05) is 6.92 Å². The third kappa shape index (κ3) is 5.42. The van der Waals surface area contributed by atoms with Crippen molar-refractivity contribution in [2.75, 3.05) is 18.1 Å². The summed E-state index contributed by atoms with van der Waals surface area (Å²) in [6.45, 7) is 5.04. The number of nitrogens with one attached hydrogen (secondary N) is 2. The van der Waals surface area contributed by atoms with Gasteiger partial charge in [0.25, 0.3) is 0 Å². The second kappa shape index (κ2) is 7.12. The van der Waals surface area contributed by atoms with E-state index in [9.17, 15) is 4.79 Å². The lowest BCUT2D eigenvalue weighted by atomic mass is 10.1. The standard InChI is InChI=1S/C11H22N2OS/c1-3-12-9(2)7-11(14)13-10-5-4-6-15-8-10/h9-10,12H,3-8H2,1-2H3,(H,13,14). The molecule has 1 fully saturated rings. The van der Waals surface area contributed by atoms with Crippen molar-refractivity contribution in [1.82, 2.24) is 10.6 Å².